The van der Waals surface area contributed by atoms with Crippen LogP contribution in [0.5, 0.6) is 11.5 Å². The van der Waals surface area contributed by atoms with Crippen LogP contribution in [0.25, 0.3) is 10.8 Å². The lowest BCUT2D eigenvalue weighted by Crippen LogP contribution is -2.42. The van der Waals surface area contributed by atoms with E-state index < -0.39 is 0 Å². The number of nitrogens with one attached hydrogen (secondary N) is 1. The number of hydrogen-bond acceptors (Lipinski definition) is 4. The molecular weight excluding hydrogens is 352 g/mol. The Balaban J connectivity index is 1.34. The molecule has 1 atom stereocenters. The second-order valence-corrected chi connectivity index (χ2v) is 7.18. The van der Waals surface area contributed by atoms with Crippen LogP contribution in [-0.4, -0.2) is 30.7 Å². The molecule has 0 fully saturated rings. The second-order valence-electron chi connectivity index (χ2n) is 7.18. The molecule has 1 aliphatic heterocycles. The minimum atomic E-state index is -0.236. The van der Waals surface area contributed by atoms with Gasteiger partial charge in [0, 0.05) is 13.1 Å². The number of benzene rings is 3. The predicted molar refractivity (Wildman–Crippen MR) is 109 cm³/mol. The molecule has 0 bridgehead atoms. The molecule has 1 amide bonds. The molecule has 0 aromatic heterocycles. The summed E-state index contributed by atoms with van der Waals surface area (Å²) in [6.45, 7) is 3.35. The average Bonchev–Trinajstić information content (AvgIpc) is 3.19. The summed E-state index contributed by atoms with van der Waals surface area (Å²) in [5.41, 5.74) is 2.18. The van der Waals surface area contributed by atoms with Crippen molar-refractivity contribution in [1.82, 2.24) is 10.2 Å². The van der Waals surface area contributed by atoms with Crippen LogP contribution < -0.4 is 14.8 Å². The molecule has 5 heteroatoms. The largest absolute Gasteiger partial charge is 0.454 e. The first-order valence-corrected chi connectivity index (χ1v) is 9.44. The van der Waals surface area contributed by atoms with E-state index >= 15 is 0 Å². The van der Waals surface area contributed by atoms with Gasteiger partial charge in [-0.15, -0.1) is 0 Å². The maximum atomic E-state index is 12.6. The molecule has 144 valence electrons. The highest BCUT2D eigenvalue weighted by Gasteiger charge is 2.19. The third-order valence-electron chi connectivity index (χ3n) is 5.19. The van der Waals surface area contributed by atoms with Crippen LogP contribution in [0.15, 0.2) is 60.7 Å². The standard InChI is InChI=1S/C23H24N2O3/c1-16(23(26)24-13-17-8-10-21-22(12-17)28-15-27-21)25(2)14-18-7-9-19-5-3-4-6-20(19)11-18/h3-12,16H,13-15H2,1-2H3,(H,24,26). The lowest BCUT2D eigenvalue weighted by atomic mass is 10.1. The average molecular weight is 376 g/mol. The van der Waals surface area contributed by atoms with Crippen LogP contribution in [0.4, 0.5) is 0 Å². The molecule has 0 radical (unpaired) electrons. The molecule has 1 unspecified atom stereocenters. The van der Waals surface area contributed by atoms with E-state index in [9.17, 15) is 4.79 Å². The highest BCUT2D eigenvalue weighted by molar-refractivity contribution is 5.83. The Hall–Kier alpha value is -3.05. The fourth-order valence-electron chi connectivity index (χ4n) is 3.35. The Labute approximate surface area is 164 Å². The summed E-state index contributed by atoms with van der Waals surface area (Å²) in [5, 5.41) is 5.45. The van der Waals surface area contributed by atoms with Gasteiger partial charge in [0.25, 0.3) is 0 Å². The summed E-state index contributed by atoms with van der Waals surface area (Å²) in [6, 6.07) is 20.2. The molecule has 28 heavy (non-hydrogen) atoms. The molecule has 0 saturated heterocycles. The summed E-state index contributed by atoms with van der Waals surface area (Å²) in [4.78, 5) is 14.6. The zero-order chi connectivity index (χ0) is 19.5. The molecule has 5 nitrogen and oxygen atoms in total. The number of fused-ring (bicyclic) bond motifs is 2. The number of ether oxygens (including phenoxy) is 2. The zero-order valence-corrected chi connectivity index (χ0v) is 16.1. The van der Waals surface area contributed by atoms with Crippen molar-refractivity contribution in [2.45, 2.75) is 26.1 Å². The van der Waals surface area contributed by atoms with E-state index in [-0.39, 0.29) is 18.7 Å². The summed E-state index contributed by atoms with van der Waals surface area (Å²) in [7, 11) is 1.97. The minimum Gasteiger partial charge on any atom is -0.454 e. The van der Waals surface area contributed by atoms with Gasteiger partial charge in [-0.25, -0.2) is 0 Å². The number of likely N-dealkylation sites (N-methyl/N-ethyl adjacent to an activating group) is 1. The van der Waals surface area contributed by atoms with E-state index in [0.717, 1.165) is 17.1 Å². The normalized spacial score (nSPS) is 13.7. The number of rotatable bonds is 6. The van der Waals surface area contributed by atoms with Crippen molar-refractivity contribution in [3.05, 3.63) is 71.8 Å². The van der Waals surface area contributed by atoms with Crippen molar-refractivity contribution in [3.8, 4) is 11.5 Å². The number of carbonyl (C=O) groups is 1. The molecule has 0 saturated carbocycles. The van der Waals surface area contributed by atoms with Crippen molar-refractivity contribution in [1.29, 1.82) is 0 Å². The third kappa shape index (κ3) is 3.94. The van der Waals surface area contributed by atoms with Crippen LogP contribution in [0.3, 0.4) is 0 Å². The van der Waals surface area contributed by atoms with Gasteiger partial charge in [-0.2, -0.15) is 0 Å². The first kappa shape index (κ1) is 18.3. The van der Waals surface area contributed by atoms with Crippen LogP contribution in [0.1, 0.15) is 18.1 Å². The third-order valence-corrected chi connectivity index (χ3v) is 5.19. The number of nitrogens with zero attached hydrogens (tertiary/aromatic N) is 1. The molecular formula is C23H24N2O3. The Morgan fingerprint density at radius 1 is 1.00 bits per heavy atom. The maximum Gasteiger partial charge on any atom is 0.237 e. The summed E-state index contributed by atoms with van der Waals surface area (Å²) >= 11 is 0. The summed E-state index contributed by atoms with van der Waals surface area (Å²) in [6.07, 6.45) is 0. The van der Waals surface area contributed by atoms with E-state index in [1.165, 1.54) is 16.3 Å². The van der Waals surface area contributed by atoms with Crippen molar-refractivity contribution >= 4 is 16.7 Å². The zero-order valence-electron chi connectivity index (χ0n) is 16.1. The molecule has 1 heterocycles. The Kier molecular flexibility index (Phi) is 5.17. The van der Waals surface area contributed by atoms with Gasteiger partial charge in [0.2, 0.25) is 12.7 Å². The van der Waals surface area contributed by atoms with Gasteiger partial charge in [-0.3, -0.25) is 9.69 Å². The van der Waals surface area contributed by atoms with Gasteiger partial charge in [-0.05, 0) is 54.1 Å². The molecule has 0 aliphatic carbocycles. The second kappa shape index (κ2) is 7.90. The number of carbonyl (C=O) groups excluding carboxylic acids is 1. The first-order valence-electron chi connectivity index (χ1n) is 9.44. The molecule has 4 rings (SSSR count). The quantitative estimate of drug-likeness (QED) is 0.713. The van der Waals surface area contributed by atoms with Gasteiger partial charge in [-0.1, -0.05) is 42.5 Å². The monoisotopic (exact) mass is 376 g/mol. The van der Waals surface area contributed by atoms with Gasteiger partial charge in [0.05, 0.1) is 6.04 Å². The first-order chi connectivity index (χ1) is 13.6. The van der Waals surface area contributed by atoms with Gasteiger partial charge in [0.15, 0.2) is 11.5 Å². The van der Waals surface area contributed by atoms with E-state index in [1.54, 1.807) is 0 Å². The lowest BCUT2D eigenvalue weighted by molar-refractivity contribution is -0.125. The SMILES string of the molecule is CC(C(=O)NCc1ccc2c(c1)OCO2)N(C)Cc1ccc2ccccc2c1. The van der Waals surface area contributed by atoms with E-state index in [2.05, 4.69) is 40.5 Å². The Bertz CT molecular complexity index is 1000. The molecule has 0 spiro atoms. The minimum absolute atomic E-state index is 0.000885. The van der Waals surface area contributed by atoms with E-state index in [1.807, 2.05) is 44.3 Å². The summed E-state index contributed by atoms with van der Waals surface area (Å²) in [5.74, 6) is 1.48. The molecule has 3 aromatic rings. The molecule has 1 aliphatic rings. The van der Waals surface area contributed by atoms with Crippen LogP contribution in [0.2, 0.25) is 0 Å². The highest BCUT2D eigenvalue weighted by atomic mass is 16.7. The van der Waals surface area contributed by atoms with Crippen molar-refractivity contribution in [2.75, 3.05) is 13.8 Å². The van der Waals surface area contributed by atoms with Crippen LogP contribution >= 0.6 is 0 Å². The predicted octanol–water partition coefficient (Wildman–Crippen LogP) is 3.71. The van der Waals surface area contributed by atoms with E-state index in [0.29, 0.717) is 13.1 Å². The van der Waals surface area contributed by atoms with Crippen molar-refractivity contribution in [3.63, 3.8) is 0 Å². The van der Waals surface area contributed by atoms with Crippen molar-refractivity contribution in [2.24, 2.45) is 0 Å². The van der Waals surface area contributed by atoms with Crippen LogP contribution in [-0.2, 0) is 17.9 Å². The Morgan fingerprint density at radius 3 is 2.61 bits per heavy atom. The maximum absolute atomic E-state index is 12.6. The Morgan fingerprint density at radius 2 is 1.75 bits per heavy atom. The van der Waals surface area contributed by atoms with Gasteiger partial charge in [0.1, 0.15) is 0 Å². The summed E-state index contributed by atoms with van der Waals surface area (Å²) < 4.78 is 10.7. The topological polar surface area (TPSA) is 50.8 Å². The fourth-order valence-corrected chi connectivity index (χ4v) is 3.35. The number of hydrogen-bond donors (Lipinski definition) is 1. The lowest BCUT2D eigenvalue weighted by Gasteiger charge is -2.24. The van der Waals surface area contributed by atoms with Gasteiger partial charge >= 0.3 is 0 Å². The fraction of sp³-hybridized carbons (Fsp3) is 0.261. The highest BCUT2D eigenvalue weighted by Crippen LogP contribution is 2.32. The van der Waals surface area contributed by atoms with Crippen LogP contribution in [0, 0.1) is 0 Å². The molecule has 1 N–H and O–H groups in total. The smallest absolute Gasteiger partial charge is 0.237 e. The molecule has 3 aromatic carbocycles. The van der Waals surface area contributed by atoms with Crippen molar-refractivity contribution < 1.29 is 14.3 Å². The number of amides is 1. The van der Waals surface area contributed by atoms with E-state index in [4.69, 9.17) is 9.47 Å². The van der Waals surface area contributed by atoms with Gasteiger partial charge < -0.3 is 14.8 Å².